The van der Waals surface area contributed by atoms with Crippen molar-refractivity contribution in [3.63, 3.8) is 0 Å². The molecule has 1 N–H and O–H groups in total. The van der Waals surface area contributed by atoms with Gasteiger partial charge in [-0.3, -0.25) is 14.9 Å². The summed E-state index contributed by atoms with van der Waals surface area (Å²) in [6, 6.07) is 18.1. The maximum atomic E-state index is 13.7. The van der Waals surface area contributed by atoms with E-state index < -0.39 is 4.92 Å². The zero-order valence-electron chi connectivity index (χ0n) is 18.5. The predicted octanol–water partition coefficient (Wildman–Crippen LogP) is 6.93. The van der Waals surface area contributed by atoms with Gasteiger partial charge < -0.3 is 9.73 Å². The number of nitro benzene ring substituents is 1. The van der Waals surface area contributed by atoms with E-state index in [-0.39, 0.29) is 17.0 Å². The smallest absolute Gasteiger partial charge is 0.276 e. The van der Waals surface area contributed by atoms with Crippen LogP contribution in [0, 0.1) is 10.1 Å². The number of carbonyl (C=O) groups excluding carboxylic acids is 1. The van der Waals surface area contributed by atoms with Gasteiger partial charge in [-0.25, -0.2) is 0 Å². The van der Waals surface area contributed by atoms with Crippen molar-refractivity contribution >= 4 is 40.3 Å². The fourth-order valence-corrected chi connectivity index (χ4v) is 4.27. The number of rotatable bonds is 4. The van der Waals surface area contributed by atoms with Gasteiger partial charge in [0.15, 0.2) is 5.78 Å². The number of benzene rings is 3. The minimum atomic E-state index is -0.416. The van der Waals surface area contributed by atoms with Crippen LogP contribution in [0.2, 0.25) is 0 Å². The van der Waals surface area contributed by atoms with Gasteiger partial charge in [-0.05, 0) is 44.4 Å². The molecule has 4 aromatic rings. The van der Waals surface area contributed by atoms with E-state index in [0.717, 1.165) is 16.3 Å². The van der Waals surface area contributed by atoms with Crippen LogP contribution in [0.1, 0.15) is 47.8 Å². The molecule has 0 fully saturated rings. The van der Waals surface area contributed by atoms with Gasteiger partial charge >= 0.3 is 0 Å². The largest absolute Gasteiger partial charge is 0.439 e. The molecule has 6 nitrogen and oxygen atoms in total. The fraction of sp³-hybridized carbons (Fsp3) is 0.148. The fourth-order valence-electron chi connectivity index (χ4n) is 4.27. The minimum absolute atomic E-state index is 0.00196. The van der Waals surface area contributed by atoms with Gasteiger partial charge in [0.1, 0.15) is 5.76 Å². The van der Waals surface area contributed by atoms with Crippen molar-refractivity contribution in [2.45, 2.75) is 26.3 Å². The molecule has 3 aromatic carbocycles. The molecular formula is C27H22N2O4. The summed E-state index contributed by atoms with van der Waals surface area (Å²) in [5, 5.41) is 16.7. The monoisotopic (exact) mass is 438 g/mol. The minimum Gasteiger partial charge on any atom is -0.439 e. The van der Waals surface area contributed by atoms with E-state index in [1.54, 1.807) is 30.4 Å². The third-order valence-electron chi connectivity index (χ3n) is 5.62. The molecule has 1 aliphatic rings. The summed E-state index contributed by atoms with van der Waals surface area (Å²) in [6.45, 7) is 6.00. The number of furan rings is 1. The molecule has 0 atom stereocenters. The highest BCUT2D eigenvalue weighted by Crippen LogP contribution is 2.45. The first kappa shape index (κ1) is 20.7. The zero-order valence-corrected chi connectivity index (χ0v) is 18.5. The molecule has 0 unspecified atom stereocenters. The normalized spacial score (nSPS) is 12.9. The molecule has 1 aliphatic carbocycles. The van der Waals surface area contributed by atoms with Crippen LogP contribution in [-0.4, -0.2) is 16.2 Å². The van der Waals surface area contributed by atoms with Crippen LogP contribution >= 0.6 is 0 Å². The Balaban J connectivity index is 1.75. The molecule has 164 valence electrons. The molecular weight excluding hydrogens is 416 g/mol. The van der Waals surface area contributed by atoms with Gasteiger partial charge in [0, 0.05) is 33.7 Å². The third-order valence-corrected chi connectivity index (χ3v) is 5.62. The zero-order chi connectivity index (χ0) is 23.3. The Hall–Kier alpha value is -4.19. The Morgan fingerprint density at radius 2 is 1.64 bits per heavy atom. The Morgan fingerprint density at radius 1 is 0.939 bits per heavy atom. The molecule has 0 radical (unpaired) electrons. The van der Waals surface area contributed by atoms with Crippen LogP contribution in [0.4, 0.5) is 11.6 Å². The summed E-state index contributed by atoms with van der Waals surface area (Å²) in [6.07, 6.45) is 3.39. The van der Waals surface area contributed by atoms with Crippen molar-refractivity contribution in [2.24, 2.45) is 0 Å². The van der Waals surface area contributed by atoms with Crippen molar-refractivity contribution in [1.29, 1.82) is 0 Å². The number of fused-ring (bicyclic) bond motifs is 2. The van der Waals surface area contributed by atoms with Crippen molar-refractivity contribution in [2.75, 3.05) is 5.32 Å². The first-order chi connectivity index (χ1) is 15.7. The summed E-state index contributed by atoms with van der Waals surface area (Å²) < 4.78 is 6.28. The molecule has 1 heterocycles. The lowest BCUT2D eigenvalue weighted by atomic mass is 9.85. The quantitative estimate of drug-likeness (QED) is 0.243. The molecule has 6 heteroatoms. The number of carbonyl (C=O) groups is 1. The second kappa shape index (κ2) is 7.45. The molecule has 0 bridgehead atoms. The lowest BCUT2D eigenvalue weighted by Crippen LogP contribution is -2.26. The van der Waals surface area contributed by atoms with Crippen LogP contribution in [0.3, 0.4) is 0 Å². The lowest BCUT2D eigenvalue weighted by Gasteiger charge is -2.20. The summed E-state index contributed by atoms with van der Waals surface area (Å²) >= 11 is 0. The van der Waals surface area contributed by atoms with E-state index in [1.165, 1.54) is 6.07 Å². The summed E-state index contributed by atoms with van der Waals surface area (Å²) in [5.41, 5.74) is 2.64. The Kier molecular flexibility index (Phi) is 4.67. The molecule has 5 rings (SSSR count). The summed E-state index contributed by atoms with van der Waals surface area (Å²) in [7, 11) is 0. The third kappa shape index (κ3) is 3.49. The average Bonchev–Trinajstić information content (AvgIpc) is 3.12. The molecule has 0 saturated heterocycles. The van der Waals surface area contributed by atoms with Crippen LogP contribution in [0.25, 0.3) is 34.2 Å². The van der Waals surface area contributed by atoms with Crippen LogP contribution < -0.4 is 5.32 Å². The van der Waals surface area contributed by atoms with Crippen LogP contribution in [0.5, 0.6) is 0 Å². The Morgan fingerprint density at radius 3 is 2.33 bits per heavy atom. The van der Waals surface area contributed by atoms with Crippen LogP contribution in [0.15, 0.2) is 65.1 Å². The van der Waals surface area contributed by atoms with Crippen molar-refractivity contribution < 1.29 is 14.1 Å². The number of nitro groups is 1. The number of nitrogens with one attached hydrogen (secondary N) is 1. The number of nitrogens with zero attached hydrogens (tertiary/aromatic N) is 1. The first-order valence-electron chi connectivity index (χ1n) is 10.7. The lowest BCUT2D eigenvalue weighted by molar-refractivity contribution is -0.385. The number of anilines is 1. The Bertz CT molecular complexity index is 1470. The molecule has 1 aromatic heterocycles. The van der Waals surface area contributed by atoms with Crippen molar-refractivity contribution in [3.8, 4) is 11.3 Å². The molecule has 0 aliphatic heterocycles. The SMILES string of the molecule is CC(C)(C)Nc1oc2c(c1/C=C/c1ccccc1[N+](=O)[O-])C(=O)c1cccc3cccc-2c13. The van der Waals surface area contributed by atoms with Gasteiger partial charge in [0.25, 0.3) is 5.69 Å². The first-order valence-corrected chi connectivity index (χ1v) is 10.7. The van der Waals surface area contributed by atoms with Gasteiger partial charge in [-0.2, -0.15) is 0 Å². The highest BCUT2D eigenvalue weighted by atomic mass is 16.6. The van der Waals surface area contributed by atoms with Gasteiger partial charge in [0.2, 0.25) is 5.88 Å². The van der Waals surface area contributed by atoms with E-state index in [2.05, 4.69) is 5.32 Å². The maximum Gasteiger partial charge on any atom is 0.276 e. The second-order valence-electron chi connectivity index (χ2n) is 9.11. The second-order valence-corrected chi connectivity index (χ2v) is 9.11. The topological polar surface area (TPSA) is 85.4 Å². The molecule has 0 amide bonds. The van der Waals surface area contributed by atoms with Gasteiger partial charge in [-0.1, -0.05) is 48.5 Å². The number of hydrogen-bond donors (Lipinski definition) is 1. The number of ketones is 1. The maximum absolute atomic E-state index is 13.7. The van der Waals surface area contributed by atoms with E-state index in [4.69, 9.17) is 4.42 Å². The van der Waals surface area contributed by atoms with Crippen molar-refractivity contribution in [3.05, 3.63) is 93.0 Å². The predicted molar refractivity (Wildman–Crippen MR) is 130 cm³/mol. The van der Waals surface area contributed by atoms with Crippen LogP contribution in [-0.2, 0) is 0 Å². The van der Waals surface area contributed by atoms with Crippen molar-refractivity contribution in [1.82, 2.24) is 0 Å². The molecule has 33 heavy (non-hydrogen) atoms. The van der Waals surface area contributed by atoms with Gasteiger partial charge in [0.05, 0.1) is 16.1 Å². The van der Waals surface area contributed by atoms with E-state index in [0.29, 0.717) is 33.9 Å². The standard InChI is InChI=1S/C27H22N2O4/c1-27(2,3)28-26-20(15-14-16-8-4-5-13-21(16)29(31)32)23-24(30)18-11-6-9-17-10-7-12-19(22(17)18)25(23)33-26/h4-15,28H,1-3H3/b15-14+. The van der Waals surface area contributed by atoms with E-state index >= 15 is 0 Å². The molecule has 0 spiro atoms. The van der Waals surface area contributed by atoms with Gasteiger partial charge in [-0.15, -0.1) is 0 Å². The van der Waals surface area contributed by atoms with E-state index in [1.807, 2.05) is 57.2 Å². The average molecular weight is 438 g/mol. The number of para-hydroxylation sites is 1. The highest BCUT2D eigenvalue weighted by Gasteiger charge is 2.33. The highest BCUT2D eigenvalue weighted by molar-refractivity contribution is 6.27. The van der Waals surface area contributed by atoms with E-state index in [9.17, 15) is 14.9 Å². The number of hydrogen-bond acceptors (Lipinski definition) is 5. The molecule has 0 saturated carbocycles. The summed E-state index contributed by atoms with van der Waals surface area (Å²) in [4.78, 5) is 24.7. The summed E-state index contributed by atoms with van der Waals surface area (Å²) in [5.74, 6) is 0.848. The Labute approximate surface area is 190 Å².